The SMILES string of the molecule is O=C(O)c1nc(OCc2ccccc2Cl)ccc1Cl. The fourth-order valence-electron chi connectivity index (χ4n) is 1.42. The summed E-state index contributed by atoms with van der Waals surface area (Å²) in [5, 5.41) is 9.54. The van der Waals surface area contributed by atoms with Gasteiger partial charge >= 0.3 is 5.97 Å². The lowest BCUT2D eigenvalue weighted by atomic mass is 10.2. The number of carboxylic acid groups (broad SMARTS) is 1. The molecule has 0 fully saturated rings. The van der Waals surface area contributed by atoms with Crippen LogP contribution in [0.3, 0.4) is 0 Å². The van der Waals surface area contributed by atoms with Crippen molar-refractivity contribution >= 4 is 29.2 Å². The fraction of sp³-hybridized carbons (Fsp3) is 0.0769. The van der Waals surface area contributed by atoms with E-state index in [4.69, 9.17) is 33.0 Å². The highest BCUT2D eigenvalue weighted by Gasteiger charge is 2.12. The van der Waals surface area contributed by atoms with E-state index in [-0.39, 0.29) is 23.2 Å². The van der Waals surface area contributed by atoms with Crippen molar-refractivity contribution in [2.45, 2.75) is 6.61 Å². The van der Waals surface area contributed by atoms with Crippen LogP contribution in [-0.4, -0.2) is 16.1 Å². The second-order valence-corrected chi connectivity index (χ2v) is 4.48. The number of aromatic carboxylic acids is 1. The minimum absolute atomic E-state index is 0.0672. The average Bonchev–Trinajstić information content (AvgIpc) is 2.39. The molecule has 0 unspecified atom stereocenters. The molecule has 0 saturated heterocycles. The van der Waals surface area contributed by atoms with Gasteiger partial charge in [-0.25, -0.2) is 9.78 Å². The second kappa shape index (κ2) is 5.91. The number of carboxylic acids is 1. The molecular formula is C13H9Cl2NO3. The van der Waals surface area contributed by atoms with Crippen LogP contribution in [0.1, 0.15) is 16.1 Å². The maximum Gasteiger partial charge on any atom is 0.356 e. The molecule has 0 radical (unpaired) electrons. The number of benzene rings is 1. The van der Waals surface area contributed by atoms with E-state index in [1.807, 2.05) is 18.2 Å². The zero-order chi connectivity index (χ0) is 13.8. The molecule has 1 aromatic carbocycles. The van der Waals surface area contributed by atoms with Gasteiger partial charge in [-0.3, -0.25) is 0 Å². The van der Waals surface area contributed by atoms with Crippen molar-refractivity contribution in [3.63, 3.8) is 0 Å². The number of halogens is 2. The first-order valence-electron chi connectivity index (χ1n) is 5.34. The van der Waals surface area contributed by atoms with E-state index < -0.39 is 5.97 Å². The number of aromatic nitrogens is 1. The van der Waals surface area contributed by atoms with Gasteiger partial charge in [0.05, 0.1) is 5.02 Å². The predicted molar refractivity (Wildman–Crippen MR) is 72.0 cm³/mol. The van der Waals surface area contributed by atoms with E-state index >= 15 is 0 Å². The Kier molecular flexibility index (Phi) is 4.24. The van der Waals surface area contributed by atoms with Crippen LogP contribution >= 0.6 is 23.2 Å². The van der Waals surface area contributed by atoms with Gasteiger partial charge in [-0.05, 0) is 12.1 Å². The molecule has 0 saturated carbocycles. The van der Waals surface area contributed by atoms with Gasteiger partial charge in [-0.1, -0.05) is 41.4 Å². The van der Waals surface area contributed by atoms with Crippen molar-refractivity contribution in [3.8, 4) is 5.88 Å². The molecule has 2 rings (SSSR count). The topological polar surface area (TPSA) is 59.4 Å². The van der Waals surface area contributed by atoms with Gasteiger partial charge in [0.1, 0.15) is 6.61 Å². The normalized spacial score (nSPS) is 10.2. The number of nitrogens with zero attached hydrogens (tertiary/aromatic N) is 1. The number of ether oxygens (including phenoxy) is 1. The highest BCUT2D eigenvalue weighted by molar-refractivity contribution is 6.33. The molecule has 0 amide bonds. The van der Waals surface area contributed by atoms with Gasteiger partial charge in [0.25, 0.3) is 0 Å². The lowest BCUT2D eigenvalue weighted by Crippen LogP contribution is -2.04. The number of hydrogen-bond donors (Lipinski definition) is 1. The molecule has 0 bridgehead atoms. The quantitative estimate of drug-likeness (QED) is 0.935. The van der Waals surface area contributed by atoms with Crippen molar-refractivity contribution in [1.82, 2.24) is 4.98 Å². The maximum atomic E-state index is 10.9. The van der Waals surface area contributed by atoms with Crippen molar-refractivity contribution in [2.24, 2.45) is 0 Å². The Hall–Kier alpha value is -1.78. The summed E-state index contributed by atoms with van der Waals surface area (Å²) < 4.78 is 5.40. The molecule has 98 valence electrons. The Balaban J connectivity index is 2.14. The summed E-state index contributed by atoms with van der Waals surface area (Å²) in [6, 6.07) is 10.2. The van der Waals surface area contributed by atoms with Crippen LogP contribution < -0.4 is 4.74 Å². The number of rotatable bonds is 4. The van der Waals surface area contributed by atoms with Gasteiger partial charge in [-0.2, -0.15) is 0 Å². The molecule has 0 atom stereocenters. The molecule has 1 aromatic heterocycles. The van der Waals surface area contributed by atoms with Gasteiger partial charge in [0, 0.05) is 16.7 Å². The predicted octanol–water partition coefficient (Wildman–Crippen LogP) is 3.67. The molecule has 0 aliphatic heterocycles. The van der Waals surface area contributed by atoms with E-state index in [1.165, 1.54) is 12.1 Å². The summed E-state index contributed by atoms with van der Waals surface area (Å²) in [6.45, 7) is 0.202. The Morgan fingerprint density at radius 1 is 1.16 bits per heavy atom. The minimum atomic E-state index is -1.20. The zero-order valence-corrected chi connectivity index (χ0v) is 11.1. The molecule has 19 heavy (non-hydrogen) atoms. The maximum absolute atomic E-state index is 10.9. The highest BCUT2D eigenvalue weighted by atomic mass is 35.5. The molecule has 1 N–H and O–H groups in total. The van der Waals surface area contributed by atoms with Crippen LogP contribution in [0.25, 0.3) is 0 Å². The minimum Gasteiger partial charge on any atom is -0.476 e. The molecule has 0 spiro atoms. The molecule has 4 nitrogen and oxygen atoms in total. The Morgan fingerprint density at radius 2 is 1.89 bits per heavy atom. The van der Waals surface area contributed by atoms with Crippen LogP contribution in [0.15, 0.2) is 36.4 Å². The van der Waals surface area contributed by atoms with Crippen molar-refractivity contribution in [1.29, 1.82) is 0 Å². The molecule has 1 heterocycles. The summed E-state index contributed by atoms with van der Waals surface area (Å²) in [5.41, 5.74) is 0.552. The average molecular weight is 298 g/mol. The summed E-state index contributed by atoms with van der Waals surface area (Å²) in [7, 11) is 0. The molecule has 0 aliphatic rings. The van der Waals surface area contributed by atoms with E-state index in [1.54, 1.807) is 6.07 Å². The van der Waals surface area contributed by atoms with Crippen LogP contribution in [-0.2, 0) is 6.61 Å². The molecule has 0 aliphatic carbocycles. The van der Waals surface area contributed by atoms with Gasteiger partial charge < -0.3 is 9.84 Å². The largest absolute Gasteiger partial charge is 0.476 e. The van der Waals surface area contributed by atoms with E-state index in [0.717, 1.165) is 5.56 Å². The first kappa shape index (κ1) is 13.6. The molecule has 2 aromatic rings. The third kappa shape index (κ3) is 3.36. The smallest absolute Gasteiger partial charge is 0.356 e. The van der Waals surface area contributed by atoms with Crippen LogP contribution in [0, 0.1) is 0 Å². The fourth-order valence-corrected chi connectivity index (χ4v) is 1.80. The summed E-state index contributed by atoms with van der Waals surface area (Å²) in [4.78, 5) is 14.7. The van der Waals surface area contributed by atoms with E-state index in [0.29, 0.717) is 5.02 Å². The van der Waals surface area contributed by atoms with Crippen LogP contribution in [0.5, 0.6) is 5.88 Å². The van der Waals surface area contributed by atoms with Gasteiger partial charge in [0.2, 0.25) is 5.88 Å². The monoisotopic (exact) mass is 297 g/mol. The van der Waals surface area contributed by atoms with Crippen molar-refractivity contribution < 1.29 is 14.6 Å². The Bertz CT molecular complexity index is 617. The standard InChI is InChI=1S/C13H9Cl2NO3/c14-9-4-2-1-3-8(9)7-19-11-6-5-10(15)12(16-11)13(17)18/h1-6H,7H2,(H,17,18). The number of pyridine rings is 1. The third-order valence-electron chi connectivity index (χ3n) is 2.36. The third-order valence-corrected chi connectivity index (χ3v) is 3.03. The molecular weight excluding hydrogens is 289 g/mol. The van der Waals surface area contributed by atoms with Crippen LogP contribution in [0.2, 0.25) is 10.0 Å². The van der Waals surface area contributed by atoms with Crippen molar-refractivity contribution in [3.05, 3.63) is 57.7 Å². The van der Waals surface area contributed by atoms with E-state index in [2.05, 4.69) is 4.98 Å². The van der Waals surface area contributed by atoms with Gasteiger partial charge in [0.15, 0.2) is 5.69 Å². The first-order chi connectivity index (χ1) is 9.08. The van der Waals surface area contributed by atoms with Crippen LogP contribution in [0.4, 0.5) is 0 Å². The summed E-state index contributed by atoms with van der Waals surface area (Å²) in [5.74, 6) is -1.02. The Morgan fingerprint density at radius 3 is 2.58 bits per heavy atom. The lowest BCUT2D eigenvalue weighted by Gasteiger charge is -2.07. The van der Waals surface area contributed by atoms with Gasteiger partial charge in [-0.15, -0.1) is 0 Å². The summed E-state index contributed by atoms with van der Waals surface area (Å²) >= 11 is 11.7. The lowest BCUT2D eigenvalue weighted by molar-refractivity contribution is 0.0689. The van der Waals surface area contributed by atoms with E-state index in [9.17, 15) is 4.79 Å². The molecule has 6 heteroatoms. The summed E-state index contributed by atoms with van der Waals surface area (Å²) in [6.07, 6.45) is 0. The first-order valence-corrected chi connectivity index (χ1v) is 6.09. The zero-order valence-electron chi connectivity index (χ0n) is 9.64. The second-order valence-electron chi connectivity index (χ2n) is 3.67. The van der Waals surface area contributed by atoms with Crippen molar-refractivity contribution in [2.75, 3.05) is 0 Å². The highest BCUT2D eigenvalue weighted by Crippen LogP contribution is 2.20. The number of hydrogen-bond acceptors (Lipinski definition) is 3. The number of carbonyl (C=O) groups is 1. The Labute approximate surface area is 119 Å².